The minimum atomic E-state index is -0.272. The summed E-state index contributed by atoms with van der Waals surface area (Å²) in [6, 6.07) is 6.40. The van der Waals surface area contributed by atoms with Crippen LogP contribution < -0.4 is 5.32 Å². The zero-order valence-corrected chi connectivity index (χ0v) is 13.7. The summed E-state index contributed by atoms with van der Waals surface area (Å²) in [6.45, 7) is 4.94. The maximum absolute atomic E-state index is 13.4. The summed E-state index contributed by atoms with van der Waals surface area (Å²) in [5.41, 5.74) is 1.72. The van der Waals surface area contributed by atoms with Gasteiger partial charge in [0.1, 0.15) is 11.6 Å². The summed E-state index contributed by atoms with van der Waals surface area (Å²) in [5.74, 6) is 1.13. The largest absolute Gasteiger partial charge is 0.369 e. The fourth-order valence-electron chi connectivity index (χ4n) is 1.94. The highest BCUT2D eigenvalue weighted by Crippen LogP contribution is 2.25. The van der Waals surface area contributed by atoms with Crippen molar-refractivity contribution in [3.63, 3.8) is 0 Å². The average molecular weight is 385 g/mol. The van der Waals surface area contributed by atoms with Crippen molar-refractivity contribution in [3.8, 4) is 11.4 Å². The Morgan fingerprint density at radius 3 is 2.70 bits per heavy atom. The van der Waals surface area contributed by atoms with Crippen molar-refractivity contribution in [1.82, 2.24) is 9.97 Å². The van der Waals surface area contributed by atoms with Crippen LogP contribution in [0.15, 0.2) is 24.3 Å². The van der Waals surface area contributed by atoms with E-state index in [0.29, 0.717) is 11.4 Å². The summed E-state index contributed by atoms with van der Waals surface area (Å²) in [7, 11) is 0. The predicted molar refractivity (Wildman–Crippen MR) is 88.3 cm³/mol. The van der Waals surface area contributed by atoms with E-state index in [0.717, 1.165) is 34.5 Å². The number of rotatable bonds is 5. The second kappa shape index (κ2) is 6.97. The average Bonchev–Trinajstić information content (AvgIpc) is 2.43. The van der Waals surface area contributed by atoms with Gasteiger partial charge >= 0.3 is 0 Å². The Morgan fingerprint density at radius 1 is 1.25 bits per heavy atom. The predicted octanol–water partition coefficient (Wildman–Crippen LogP) is 4.27. The lowest BCUT2D eigenvalue weighted by molar-refractivity contribution is 0.628. The third kappa shape index (κ3) is 3.45. The number of aryl methyl sites for hydroxylation is 1. The van der Waals surface area contributed by atoms with Gasteiger partial charge in [0.25, 0.3) is 0 Å². The van der Waals surface area contributed by atoms with Crippen LogP contribution in [0.1, 0.15) is 26.0 Å². The molecular formula is C15H17FIN3. The van der Waals surface area contributed by atoms with E-state index in [2.05, 4.69) is 44.8 Å². The number of hydrogen-bond acceptors (Lipinski definition) is 3. The van der Waals surface area contributed by atoms with Gasteiger partial charge in [0.2, 0.25) is 0 Å². The molecule has 2 rings (SSSR count). The van der Waals surface area contributed by atoms with Gasteiger partial charge in [0.05, 0.1) is 9.26 Å². The Labute approximate surface area is 132 Å². The maximum Gasteiger partial charge on any atom is 0.161 e. The molecule has 1 N–H and O–H groups in total. The van der Waals surface area contributed by atoms with Gasteiger partial charge in [0, 0.05) is 12.1 Å². The Bertz CT molecular complexity index is 574. The first-order valence-electron chi connectivity index (χ1n) is 6.72. The minimum absolute atomic E-state index is 0.272. The molecule has 0 atom stereocenters. The lowest BCUT2D eigenvalue weighted by Gasteiger charge is -2.12. The van der Waals surface area contributed by atoms with Crippen LogP contribution in [0.2, 0.25) is 0 Å². The Morgan fingerprint density at radius 2 is 2.05 bits per heavy atom. The molecule has 106 valence electrons. The first kappa shape index (κ1) is 15.2. The van der Waals surface area contributed by atoms with E-state index in [1.165, 1.54) is 12.1 Å². The number of benzene rings is 1. The van der Waals surface area contributed by atoms with Crippen LogP contribution in [0, 0.1) is 9.39 Å². The van der Waals surface area contributed by atoms with Crippen molar-refractivity contribution in [2.24, 2.45) is 0 Å². The highest BCUT2D eigenvalue weighted by molar-refractivity contribution is 14.1. The molecule has 1 aromatic carbocycles. The Balaban J connectivity index is 2.52. The molecule has 0 aliphatic carbocycles. The molecule has 20 heavy (non-hydrogen) atoms. The van der Waals surface area contributed by atoms with Crippen molar-refractivity contribution in [2.75, 3.05) is 11.9 Å². The molecule has 0 saturated heterocycles. The maximum atomic E-state index is 13.4. The summed E-state index contributed by atoms with van der Waals surface area (Å²) in [4.78, 5) is 9.11. The molecule has 0 radical (unpaired) electrons. The van der Waals surface area contributed by atoms with Crippen molar-refractivity contribution in [1.29, 1.82) is 0 Å². The molecule has 0 unspecified atom stereocenters. The van der Waals surface area contributed by atoms with Crippen LogP contribution >= 0.6 is 22.6 Å². The normalized spacial score (nSPS) is 10.6. The van der Waals surface area contributed by atoms with Crippen molar-refractivity contribution < 1.29 is 4.39 Å². The molecule has 1 aromatic heterocycles. The molecule has 2 aromatic rings. The third-order valence-corrected chi connectivity index (χ3v) is 3.97. The van der Waals surface area contributed by atoms with Crippen LogP contribution in [0.25, 0.3) is 11.4 Å². The quantitative estimate of drug-likeness (QED) is 0.782. The van der Waals surface area contributed by atoms with Gasteiger partial charge < -0.3 is 5.32 Å². The smallest absolute Gasteiger partial charge is 0.161 e. The van der Waals surface area contributed by atoms with Gasteiger partial charge in [-0.3, -0.25) is 0 Å². The second-order valence-corrected chi connectivity index (χ2v) is 5.53. The Hall–Kier alpha value is -1.24. The first-order valence-corrected chi connectivity index (χ1v) is 7.79. The van der Waals surface area contributed by atoms with Crippen molar-refractivity contribution in [2.45, 2.75) is 26.7 Å². The van der Waals surface area contributed by atoms with Crippen LogP contribution in [-0.2, 0) is 6.42 Å². The van der Waals surface area contributed by atoms with Gasteiger partial charge in [-0.15, -0.1) is 0 Å². The van der Waals surface area contributed by atoms with E-state index in [1.54, 1.807) is 6.07 Å². The summed E-state index contributed by atoms with van der Waals surface area (Å²) >= 11 is 2.27. The molecule has 5 heteroatoms. The van der Waals surface area contributed by atoms with Gasteiger partial charge in [-0.05, 0) is 48.1 Å². The summed E-state index contributed by atoms with van der Waals surface area (Å²) in [5, 5.41) is 3.25. The highest BCUT2D eigenvalue weighted by atomic mass is 127. The third-order valence-electron chi connectivity index (χ3n) is 2.83. The molecule has 0 saturated carbocycles. The van der Waals surface area contributed by atoms with Gasteiger partial charge in [-0.25, -0.2) is 14.4 Å². The first-order chi connectivity index (χ1) is 9.65. The number of nitrogens with zero attached hydrogens (tertiary/aromatic N) is 2. The number of halogens is 2. The molecule has 0 spiro atoms. The van der Waals surface area contributed by atoms with Crippen LogP contribution in [-0.4, -0.2) is 16.5 Å². The molecule has 0 fully saturated rings. The number of anilines is 1. The van der Waals surface area contributed by atoms with Gasteiger partial charge in [-0.2, -0.15) is 0 Å². The number of nitrogens with one attached hydrogen (secondary N) is 1. The van der Waals surface area contributed by atoms with E-state index < -0.39 is 0 Å². The molecule has 0 amide bonds. The number of aromatic nitrogens is 2. The topological polar surface area (TPSA) is 37.8 Å². The second-order valence-electron chi connectivity index (χ2n) is 4.45. The zero-order valence-electron chi connectivity index (χ0n) is 11.6. The molecule has 0 bridgehead atoms. The van der Waals surface area contributed by atoms with Gasteiger partial charge in [0.15, 0.2) is 5.82 Å². The zero-order chi connectivity index (χ0) is 14.5. The van der Waals surface area contributed by atoms with Crippen LogP contribution in [0.3, 0.4) is 0 Å². The SMILES string of the molecule is CCCc1nc(-c2cccc(F)c2)nc(NCC)c1I. The molecule has 0 aliphatic heterocycles. The minimum Gasteiger partial charge on any atom is -0.369 e. The van der Waals surface area contributed by atoms with Crippen molar-refractivity contribution in [3.05, 3.63) is 39.3 Å². The molecule has 0 aliphatic rings. The van der Waals surface area contributed by atoms with E-state index >= 15 is 0 Å². The van der Waals surface area contributed by atoms with Crippen molar-refractivity contribution >= 4 is 28.4 Å². The summed E-state index contributed by atoms with van der Waals surface area (Å²) < 4.78 is 14.4. The Kier molecular flexibility index (Phi) is 5.28. The lowest BCUT2D eigenvalue weighted by atomic mass is 10.2. The molecule has 1 heterocycles. The standard InChI is InChI=1S/C15H17FIN3/c1-3-6-12-13(17)15(18-4-2)20-14(19-12)10-7-5-8-11(16)9-10/h5,7-9H,3-4,6H2,1-2H3,(H,18,19,20). The highest BCUT2D eigenvalue weighted by Gasteiger charge is 2.12. The van der Waals surface area contributed by atoms with E-state index in [1.807, 2.05) is 13.0 Å². The van der Waals surface area contributed by atoms with E-state index in [9.17, 15) is 4.39 Å². The lowest BCUT2D eigenvalue weighted by Crippen LogP contribution is -2.08. The molecular weight excluding hydrogens is 368 g/mol. The fraction of sp³-hybridized carbons (Fsp3) is 0.333. The monoisotopic (exact) mass is 385 g/mol. The van der Waals surface area contributed by atoms with E-state index in [4.69, 9.17) is 0 Å². The van der Waals surface area contributed by atoms with Crippen LogP contribution in [0.5, 0.6) is 0 Å². The summed E-state index contributed by atoms with van der Waals surface area (Å²) in [6.07, 6.45) is 1.91. The van der Waals surface area contributed by atoms with E-state index in [-0.39, 0.29) is 5.82 Å². The molecule has 3 nitrogen and oxygen atoms in total. The van der Waals surface area contributed by atoms with Gasteiger partial charge in [-0.1, -0.05) is 25.5 Å². The fourth-order valence-corrected chi connectivity index (χ4v) is 2.64. The number of hydrogen-bond donors (Lipinski definition) is 1. The van der Waals surface area contributed by atoms with Crippen LogP contribution in [0.4, 0.5) is 10.2 Å².